The molecule has 134 valence electrons. The Bertz CT molecular complexity index is 719. The van der Waals surface area contributed by atoms with Crippen molar-refractivity contribution < 1.29 is 9.53 Å². The smallest absolute Gasteiger partial charge is 0.257 e. The SMILES string of the molecule is COc1ccc(Cn2cc(C(=O)N3C[C@H]4CNC[C@H]4C3)cn2)cc1.Cl. The second kappa shape index (κ2) is 7.45. The number of nitrogens with zero attached hydrogens (tertiary/aromatic N) is 3. The van der Waals surface area contributed by atoms with Gasteiger partial charge in [0.25, 0.3) is 5.91 Å². The van der Waals surface area contributed by atoms with Crippen molar-refractivity contribution in [1.82, 2.24) is 20.0 Å². The van der Waals surface area contributed by atoms with Crippen LogP contribution >= 0.6 is 12.4 Å². The van der Waals surface area contributed by atoms with Gasteiger partial charge in [0.2, 0.25) is 0 Å². The Morgan fingerprint density at radius 2 is 1.92 bits per heavy atom. The minimum Gasteiger partial charge on any atom is -0.497 e. The Morgan fingerprint density at radius 3 is 2.56 bits per heavy atom. The van der Waals surface area contributed by atoms with Crippen LogP contribution < -0.4 is 10.1 Å². The van der Waals surface area contributed by atoms with Crippen molar-refractivity contribution >= 4 is 18.3 Å². The molecular formula is C18H23ClN4O2. The average Bonchev–Trinajstić information content (AvgIpc) is 3.30. The zero-order valence-corrected chi connectivity index (χ0v) is 15.0. The van der Waals surface area contributed by atoms with Crippen molar-refractivity contribution in [2.45, 2.75) is 6.54 Å². The summed E-state index contributed by atoms with van der Waals surface area (Å²) in [6.07, 6.45) is 3.52. The first kappa shape index (κ1) is 17.8. The molecule has 1 N–H and O–H groups in total. The zero-order chi connectivity index (χ0) is 16.5. The number of methoxy groups -OCH3 is 1. The Hall–Kier alpha value is -2.05. The van der Waals surface area contributed by atoms with Crippen LogP contribution in [0.15, 0.2) is 36.7 Å². The van der Waals surface area contributed by atoms with Crippen molar-refractivity contribution in [3.63, 3.8) is 0 Å². The first-order valence-corrected chi connectivity index (χ1v) is 8.38. The number of aromatic nitrogens is 2. The van der Waals surface area contributed by atoms with Gasteiger partial charge in [-0.3, -0.25) is 9.48 Å². The van der Waals surface area contributed by atoms with Crippen molar-refractivity contribution in [3.05, 3.63) is 47.8 Å². The fraction of sp³-hybridized carbons (Fsp3) is 0.444. The molecular weight excluding hydrogens is 340 g/mol. The number of fused-ring (bicyclic) bond motifs is 1. The molecule has 2 saturated heterocycles. The number of likely N-dealkylation sites (tertiary alicyclic amines) is 1. The van der Waals surface area contributed by atoms with Gasteiger partial charge in [-0.05, 0) is 29.5 Å². The third kappa shape index (κ3) is 3.65. The van der Waals surface area contributed by atoms with Gasteiger partial charge in [-0.1, -0.05) is 12.1 Å². The van der Waals surface area contributed by atoms with Gasteiger partial charge in [0.1, 0.15) is 5.75 Å². The van der Waals surface area contributed by atoms with E-state index in [2.05, 4.69) is 10.4 Å². The van der Waals surface area contributed by atoms with Crippen LogP contribution in [0.4, 0.5) is 0 Å². The van der Waals surface area contributed by atoms with Crippen LogP contribution in [-0.2, 0) is 6.54 Å². The summed E-state index contributed by atoms with van der Waals surface area (Å²) in [4.78, 5) is 14.6. The van der Waals surface area contributed by atoms with Crippen LogP contribution in [0, 0.1) is 11.8 Å². The third-order valence-electron chi connectivity index (χ3n) is 5.06. The molecule has 4 rings (SSSR count). The second-order valence-corrected chi connectivity index (χ2v) is 6.66. The summed E-state index contributed by atoms with van der Waals surface area (Å²) >= 11 is 0. The molecule has 2 aromatic rings. The van der Waals surface area contributed by atoms with Gasteiger partial charge in [-0.2, -0.15) is 5.10 Å². The van der Waals surface area contributed by atoms with E-state index in [1.54, 1.807) is 13.3 Å². The number of carbonyl (C=O) groups is 1. The van der Waals surface area contributed by atoms with Crippen molar-refractivity contribution in [2.75, 3.05) is 33.3 Å². The first-order valence-electron chi connectivity index (χ1n) is 8.38. The molecule has 2 atom stereocenters. The number of rotatable bonds is 4. The lowest BCUT2D eigenvalue weighted by atomic mass is 10.0. The highest BCUT2D eigenvalue weighted by Crippen LogP contribution is 2.27. The second-order valence-electron chi connectivity index (χ2n) is 6.66. The Morgan fingerprint density at radius 1 is 1.24 bits per heavy atom. The van der Waals surface area contributed by atoms with E-state index in [4.69, 9.17) is 4.74 Å². The molecule has 0 saturated carbocycles. The number of halogens is 1. The maximum Gasteiger partial charge on any atom is 0.257 e. The number of nitrogens with one attached hydrogen (secondary N) is 1. The highest BCUT2D eigenvalue weighted by molar-refractivity contribution is 5.94. The number of ether oxygens (including phenoxy) is 1. The third-order valence-corrected chi connectivity index (χ3v) is 5.06. The maximum atomic E-state index is 12.7. The summed E-state index contributed by atoms with van der Waals surface area (Å²) in [6, 6.07) is 7.89. The molecule has 0 spiro atoms. The Balaban J connectivity index is 0.00000182. The van der Waals surface area contributed by atoms with Gasteiger partial charge in [0.05, 0.1) is 25.4 Å². The van der Waals surface area contributed by atoms with Gasteiger partial charge in [-0.15, -0.1) is 12.4 Å². The number of hydrogen-bond acceptors (Lipinski definition) is 4. The topological polar surface area (TPSA) is 59.4 Å². The quantitative estimate of drug-likeness (QED) is 0.898. The summed E-state index contributed by atoms with van der Waals surface area (Å²) in [5, 5.41) is 7.74. The fourth-order valence-electron chi connectivity index (χ4n) is 3.68. The summed E-state index contributed by atoms with van der Waals surface area (Å²) in [5.74, 6) is 2.17. The van der Waals surface area contributed by atoms with Gasteiger partial charge < -0.3 is 15.0 Å². The molecule has 2 aliphatic heterocycles. The van der Waals surface area contributed by atoms with E-state index in [1.807, 2.05) is 40.0 Å². The van der Waals surface area contributed by atoms with Gasteiger partial charge in [-0.25, -0.2) is 0 Å². The summed E-state index contributed by atoms with van der Waals surface area (Å²) in [5.41, 5.74) is 1.80. The van der Waals surface area contributed by atoms with Gasteiger partial charge in [0, 0.05) is 32.4 Å². The highest BCUT2D eigenvalue weighted by Gasteiger charge is 2.38. The molecule has 25 heavy (non-hydrogen) atoms. The number of carbonyl (C=O) groups excluding carboxylic acids is 1. The van der Waals surface area contributed by atoms with Crippen molar-refractivity contribution in [3.8, 4) is 5.75 Å². The molecule has 0 unspecified atom stereocenters. The monoisotopic (exact) mass is 362 g/mol. The number of hydrogen-bond donors (Lipinski definition) is 1. The van der Waals surface area contributed by atoms with E-state index in [9.17, 15) is 4.79 Å². The first-order chi connectivity index (χ1) is 11.7. The fourth-order valence-corrected chi connectivity index (χ4v) is 3.68. The van der Waals surface area contributed by atoms with E-state index in [0.717, 1.165) is 37.5 Å². The molecule has 1 aromatic carbocycles. The zero-order valence-electron chi connectivity index (χ0n) is 14.2. The predicted octanol–water partition coefficient (Wildman–Crippen LogP) is 1.65. The summed E-state index contributed by atoms with van der Waals surface area (Å²) < 4.78 is 6.98. The van der Waals surface area contributed by atoms with Crippen molar-refractivity contribution in [1.29, 1.82) is 0 Å². The summed E-state index contributed by atoms with van der Waals surface area (Å²) in [6.45, 7) is 4.43. The van der Waals surface area contributed by atoms with E-state index in [1.165, 1.54) is 0 Å². The predicted molar refractivity (Wildman–Crippen MR) is 97.3 cm³/mol. The molecule has 0 bridgehead atoms. The average molecular weight is 363 g/mol. The molecule has 7 heteroatoms. The highest BCUT2D eigenvalue weighted by atomic mass is 35.5. The minimum atomic E-state index is 0. The number of benzene rings is 1. The van der Waals surface area contributed by atoms with Crippen LogP contribution in [0.5, 0.6) is 5.75 Å². The van der Waals surface area contributed by atoms with E-state index in [0.29, 0.717) is 23.9 Å². The van der Waals surface area contributed by atoms with Gasteiger partial charge >= 0.3 is 0 Å². The van der Waals surface area contributed by atoms with Crippen LogP contribution in [-0.4, -0.2) is 53.9 Å². The normalized spacial score (nSPS) is 21.7. The molecule has 3 heterocycles. The van der Waals surface area contributed by atoms with Crippen LogP contribution in [0.2, 0.25) is 0 Å². The largest absolute Gasteiger partial charge is 0.497 e. The molecule has 1 amide bonds. The Kier molecular flexibility index (Phi) is 5.30. The van der Waals surface area contributed by atoms with E-state index >= 15 is 0 Å². The molecule has 6 nitrogen and oxygen atoms in total. The number of amides is 1. The maximum absolute atomic E-state index is 12.7. The van der Waals surface area contributed by atoms with Crippen molar-refractivity contribution in [2.24, 2.45) is 11.8 Å². The van der Waals surface area contributed by atoms with E-state index < -0.39 is 0 Å². The molecule has 2 fully saturated rings. The minimum absolute atomic E-state index is 0. The lowest BCUT2D eigenvalue weighted by molar-refractivity contribution is 0.0781. The van der Waals surface area contributed by atoms with Gasteiger partial charge in [0.15, 0.2) is 0 Å². The van der Waals surface area contributed by atoms with Crippen LogP contribution in [0.25, 0.3) is 0 Å². The lowest BCUT2D eigenvalue weighted by Crippen LogP contribution is -2.31. The molecule has 2 aliphatic rings. The molecule has 1 aromatic heterocycles. The Labute approximate surface area is 153 Å². The van der Waals surface area contributed by atoms with Crippen LogP contribution in [0.3, 0.4) is 0 Å². The standard InChI is InChI=1S/C18H22N4O2.ClH/c1-24-17-4-2-13(3-5-17)9-22-12-16(8-20-22)18(23)21-10-14-6-19-7-15(14)11-21;/h2-5,8,12,14-15,19H,6-7,9-11H2,1H3;1H/t14-,15+;. The lowest BCUT2D eigenvalue weighted by Gasteiger charge is -2.16. The summed E-state index contributed by atoms with van der Waals surface area (Å²) in [7, 11) is 1.66. The van der Waals surface area contributed by atoms with E-state index in [-0.39, 0.29) is 18.3 Å². The molecule has 0 radical (unpaired) electrons. The molecule has 0 aliphatic carbocycles. The van der Waals surface area contributed by atoms with Crippen LogP contribution in [0.1, 0.15) is 15.9 Å².